The van der Waals surface area contributed by atoms with Crippen molar-refractivity contribution in [2.75, 3.05) is 0 Å². The fourth-order valence-electron chi connectivity index (χ4n) is 1.88. The Kier molecular flexibility index (Phi) is 11.3. The minimum atomic E-state index is 0.365. The zero-order valence-electron chi connectivity index (χ0n) is 13.2. The molecule has 0 amide bonds. The number of ketones is 1. The third-order valence-corrected chi connectivity index (χ3v) is 3.28. The predicted octanol–water partition coefficient (Wildman–Crippen LogP) is 5.77. The second-order valence-electron chi connectivity index (χ2n) is 5.18. The van der Waals surface area contributed by atoms with Crippen LogP contribution in [0.15, 0.2) is 35.5 Å². The molecule has 0 bridgehead atoms. The Labute approximate surface area is 119 Å². The van der Waals surface area contributed by atoms with Crippen LogP contribution in [0.1, 0.15) is 72.6 Å². The van der Waals surface area contributed by atoms with E-state index in [9.17, 15) is 4.79 Å². The minimum absolute atomic E-state index is 0.365. The molecule has 0 aromatic rings. The molecule has 0 N–H and O–H groups in total. The number of hydrogen-bond donors (Lipinski definition) is 0. The maximum atomic E-state index is 11.2. The van der Waals surface area contributed by atoms with Gasteiger partial charge in [-0.2, -0.15) is 0 Å². The van der Waals surface area contributed by atoms with E-state index in [4.69, 9.17) is 0 Å². The molecule has 0 spiro atoms. The molecule has 0 saturated heterocycles. The van der Waals surface area contributed by atoms with Crippen LogP contribution in [0.5, 0.6) is 0 Å². The molecule has 0 heterocycles. The number of hydrogen-bond acceptors (Lipinski definition) is 1. The van der Waals surface area contributed by atoms with Crippen molar-refractivity contribution in [3.8, 4) is 0 Å². The highest BCUT2D eigenvalue weighted by Crippen LogP contribution is 2.11. The molecule has 0 aromatic heterocycles. The number of rotatable bonds is 10. The molecule has 1 heteroatoms. The summed E-state index contributed by atoms with van der Waals surface area (Å²) in [4.78, 5) is 11.2. The van der Waals surface area contributed by atoms with Crippen molar-refractivity contribution in [3.05, 3.63) is 35.5 Å². The van der Waals surface area contributed by atoms with Crippen molar-refractivity contribution < 1.29 is 4.79 Å². The summed E-state index contributed by atoms with van der Waals surface area (Å²) in [5.41, 5.74) is 2.88. The van der Waals surface area contributed by atoms with Crippen molar-refractivity contribution >= 4 is 5.78 Å². The SMILES string of the molecule is CC=CCCC(C)=CCCC(C)=CCCC(=O)CC. The van der Waals surface area contributed by atoms with Crippen LogP contribution in [0.2, 0.25) is 0 Å². The van der Waals surface area contributed by atoms with Gasteiger partial charge in [0.2, 0.25) is 0 Å². The molecule has 0 fully saturated rings. The predicted molar refractivity (Wildman–Crippen MR) is 85.3 cm³/mol. The maximum Gasteiger partial charge on any atom is 0.132 e. The van der Waals surface area contributed by atoms with Gasteiger partial charge >= 0.3 is 0 Å². The molecule has 0 aliphatic heterocycles. The first-order chi connectivity index (χ1) is 9.10. The molecule has 0 atom stereocenters. The second kappa shape index (κ2) is 12.0. The van der Waals surface area contributed by atoms with E-state index in [1.165, 1.54) is 11.1 Å². The van der Waals surface area contributed by atoms with Gasteiger partial charge in [-0.15, -0.1) is 0 Å². The van der Waals surface area contributed by atoms with Crippen LogP contribution in [0.4, 0.5) is 0 Å². The topological polar surface area (TPSA) is 17.1 Å². The molecule has 108 valence electrons. The van der Waals surface area contributed by atoms with E-state index in [0.29, 0.717) is 18.6 Å². The van der Waals surface area contributed by atoms with Gasteiger partial charge in [0, 0.05) is 12.8 Å². The Balaban J connectivity index is 3.82. The monoisotopic (exact) mass is 262 g/mol. The van der Waals surface area contributed by atoms with Gasteiger partial charge in [-0.25, -0.2) is 0 Å². The third kappa shape index (κ3) is 11.7. The maximum absolute atomic E-state index is 11.2. The Bertz CT molecular complexity index is 332. The van der Waals surface area contributed by atoms with Crippen LogP contribution >= 0.6 is 0 Å². The van der Waals surface area contributed by atoms with Gasteiger partial charge in [0.05, 0.1) is 0 Å². The van der Waals surface area contributed by atoms with Crippen molar-refractivity contribution in [2.24, 2.45) is 0 Å². The molecule has 0 unspecified atom stereocenters. The summed E-state index contributed by atoms with van der Waals surface area (Å²) in [5, 5.41) is 0. The standard InChI is InChI=1S/C18H30O/c1-5-7-8-11-16(3)12-9-13-17(4)14-10-15-18(19)6-2/h5,7,12,14H,6,8-11,13,15H2,1-4H3. The second-order valence-corrected chi connectivity index (χ2v) is 5.18. The largest absolute Gasteiger partial charge is 0.300 e. The average Bonchev–Trinajstić information content (AvgIpc) is 2.38. The third-order valence-electron chi connectivity index (χ3n) is 3.28. The first-order valence-corrected chi connectivity index (χ1v) is 7.54. The molecule has 0 aliphatic rings. The van der Waals surface area contributed by atoms with E-state index in [-0.39, 0.29) is 0 Å². The average molecular weight is 262 g/mol. The fourth-order valence-corrected chi connectivity index (χ4v) is 1.88. The van der Waals surface area contributed by atoms with E-state index in [1.54, 1.807) is 0 Å². The van der Waals surface area contributed by atoms with Crippen molar-refractivity contribution in [3.63, 3.8) is 0 Å². The van der Waals surface area contributed by atoms with Crippen LogP contribution in [0, 0.1) is 0 Å². The van der Waals surface area contributed by atoms with E-state index < -0.39 is 0 Å². The highest BCUT2D eigenvalue weighted by atomic mass is 16.1. The Morgan fingerprint density at radius 1 is 0.895 bits per heavy atom. The lowest BCUT2D eigenvalue weighted by molar-refractivity contribution is -0.118. The summed E-state index contributed by atoms with van der Waals surface area (Å²) < 4.78 is 0. The summed E-state index contributed by atoms with van der Waals surface area (Å²) in [6, 6.07) is 0. The number of Topliss-reactive ketones (excluding diaryl/α,β-unsaturated/α-hetero) is 1. The molecule has 0 aliphatic carbocycles. The number of carbonyl (C=O) groups excluding carboxylic acids is 1. The van der Waals surface area contributed by atoms with Gasteiger partial charge in [0.15, 0.2) is 0 Å². The quantitative estimate of drug-likeness (QED) is 0.456. The van der Waals surface area contributed by atoms with Crippen LogP contribution in [-0.2, 0) is 4.79 Å². The van der Waals surface area contributed by atoms with Crippen LogP contribution in [-0.4, -0.2) is 5.78 Å². The lowest BCUT2D eigenvalue weighted by atomic mass is 10.1. The van der Waals surface area contributed by atoms with Crippen molar-refractivity contribution in [1.82, 2.24) is 0 Å². The van der Waals surface area contributed by atoms with E-state index in [2.05, 4.69) is 45.1 Å². The fraction of sp³-hybridized carbons (Fsp3) is 0.611. The zero-order valence-corrected chi connectivity index (χ0v) is 13.2. The highest BCUT2D eigenvalue weighted by molar-refractivity contribution is 5.78. The van der Waals surface area contributed by atoms with E-state index in [1.807, 2.05) is 6.92 Å². The van der Waals surface area contributed by atoms with E-state index in [0.717, 1.165) is 32.1 Å². The number of carbonyl (C=O) groups is 1. The lowest BCUT2D eigenvalue weighted by Gasteiger charge is -2.01. The van der Waals surface area contributed by atoms with Gasteiger partial charge in [-0.05, 0) is 52.9 Å². The highest BCUT2D eigenvalue weighted by Gasteiger charge is 1.96. The summed E-state index contributed by atoms with van der Waals surface area (Å²) in [7, 11) is 0. The van der Waals surface area contributed by atoms with Crippen molar-refractivity contribution in [2.45, 2.75) is 72.6 Å². The van der Waals surface area contributed by atoms with Gasteiger partial charge in [-0.1, -0.05) is 42.4 Å². The summed E-state index contributed by atoms with van der Waals surface area (Å²) in [6.45, 7) is 8.37. The van der Waals surface area contributed by atoms with Crippen LogP contribution in [0.25, 0.3) is 0 Å². The zero-order chi connectivity index (χ0) is 14.5. The Hall–Kier alpha value is -1.11. The molecular formula is C18H30O. The van der Waals surface area contributed by atoms with Gasteiger partial charge in [0.25, 0.3) is 0 Å². The first-order valence-electron chi connectivity index (χ1n) is 7.54. The molecular weight excluding hydrogens is 232 g/mol. The molecule has 19 heavy (non-hydrogen) atoms. The van der Waals surface area contributed by atoms with Crippen LogP contribution < -0.4 is 0 Å². The summed E-state index contributed by atoms with van der Waals surface area (Å²) in [5.74, 6) is 0.365. The first kappa shape index (κ1) is 17.9. The molecule has 0 rings (SSSR count). The summed E-state index contributed by atoms with van der Waals surface area (Å²) >= 11 is 0. The van der Waals surface area contributed by atoms with Crippen LogP contribution in [0.3, 0.4) is 0 Å². The van der Waals surface area contributed by atoms with Crippen molar-refractivity contribution in [1.29, 1.82) is 0 Å². The lowest BCUT2D eigenvalue weighted by Crippen LogP contribution is -1.93. The smallest absolute Gasteiger partial charge is 0.132 e. The van der Waals surface area contributed by atoms with Gasteiger partial charge in [0.1, 0.15) is 5.78 Å². The molecule has 1 nitrogen and oxygen atoms in total. The van der Waals surface area contributed by atoms with E-state index >= 15 is 0 Å². The normalized spacial score (nSPS) is 13.3. The Morgan fingerprint density at radius 3 is 1.95 bits per heavy atom. The van der Waals surface area contributed by atoms with Gasteiger partial charge in [-0.3, -0.25) is 4.79 Å². The Morgan fingerprint density at radius 2 is 1.42 bits per heavy atom. The molecule has 0 aromatic carbocycles. The number of allylic oxidation sites excluding steroid dienone is 6. The van der Waals surface area contributed by atoms with Gasteiger partial charge < -0.3 is 0 Å². The summed E-state index contributed by atoms with van der Waals surface area (Å²) in [6.07, 6.45) is 15.7. The molecule has 0 saturated carbocycles. The molecule has 0 radical (unpaired) electrons. The minimum Gasteiger partial charge on any atom is -0.300 e.